The highest BCUT2D eigenvalue weighted by molar-refractivity contribution is 14.0. The molecule has 0 radical (unpaired) electrons. The van der Waals surface area contributed by atoms with E-state index in [0.717, 1.165) is 44.7 Å². The average molecular weight is 522 g/mol. The molecule has 0 saturated heterocycles. The van der Waals surface area contributed by atoms with Gasteiger partial charge in [-0.15, -0.1) is 24.0 Å². The molecule has 0 aliphatic heterocycles. The lowest BCUT2D eigenvalue weighted by Crippen LogP contribution is -2.49. The second-order valence-electron chi connectivity index (χ2n) is 7.75. The Labute approximate surface area is 192 Å². The van der Waals surface area contributed by atoms with Gasteiger partial charge in [-0.05, 0) is 46.6 Å². The number of hydrogen-bond acceptors (Lipinski definition) is 4. The van der Waals surface area contributed by atoms with Crippen molar-refractivity contribution in [1.82, 2.24) is 25.7 Å². The molecular formula is C20H39IN6O2. The van der Waals surface area contributed by atoms with Crippen molar-refractivity contribution >= 4 is 36.0 Å². The minimum Gasteiger partial charge on any atom is -0.444 e. The van der Waals surface area contributed by atoms with Gasteiger partial charge in [0.15, 0.2) is 5.96 Å². The van der Waals surface area contributed by atoms with Crippen molar-refractivity contribution in [2.24, 2.45) is 4.99 Å². The molecule has 0 fully saturated rings. The normalized spacial score (nSPS) is 12.7. The maximum Gasteiger partial charge on any atom is 0.407 e. The van der Waals surface area contributed by atoms with Gasteiger partial charge in [0.05, 0.1) is 0 Å². The van der Waals surface area contributed by atoms with E-state index in [0.29, 0.717) is 13.1 Å². The molecule has 1 heterocycles. The summed E-state index contributed by atoms with van der Waals surface area (Å²) in [7, 11) is 0. The number of carbonyl (C=O) groups excluding carboxylic acids is 1. The topological polar surface area (TPSA) is 92.6 Å². The highest BCUT2D eigenvalue weighted by atomic mass is 127. The Balaban J connectivity index is 0.00000784. The smallest absolute Gasteiger partial charge is 0.407 e. The molecule has 0 aliphatic carbocycles. The molecule has 9 heteroatoms. The first-order valence-corrected chi connectivity index (χ1v) is 10.3. The van der Waals surface area contributed by atoms with Crippen molar-refractivity contribution in [2.75, 3.05) is 19.6 Å². The van der Waals surface area contributed by atoms with E-state index in [1.807, 2.05) is 44.6 Å². The molecule has 0 spiro atoms. The van der Waals surface area contributed by atoms with Gasteiger partial charge in [-0.3, -0.25) is 9.67 Å². The first-order valence-electron chi connectivity index (χ1n) is 10.3. The number of unbranched alkanes of at least 4 members (excludes halogenated alkanes) is 1. The second kappa shape index (κ2) is 15.3. The summed E-state index contributed by atoms with van der Waals surface area (Å²) in [6.45, 7) is 12.6. The van der Waals surface area contributed by atoms with Crippen LogP contribution in [0.25, 0.3) is 0 Å². The van der Waals surface area contributed by atoms with Crippen molar-refractivity contribution in [3.63, 3.8) is 0 Å². The molecule has 168 valence electrons. The second-order valence-corrected chi connectivity index (χ2v) is 7.75. The molecule has 1 rings (SSSR count). The third-order valence-electron chi connectivity index (χ3n) is 3.86. The number of aromatic nitrogens is 2. The lowest BCUT2D eigenvalue weighted by atomic mass is 10.1. The highest BCUT2D eigenvalue weighted by Gasteiger charge is 2.18. The van der Waals surface area contributed by atoms with Crippen molar-refractivity contribution < 1.29 is 9.53 Å². The Bertz CT molecular complexity index is 572. The summed E-state index contributed by atoms with van der Waals surface area (Å²) in [4.78, 5) is 16.6. The third kappa shape index (κ3) is 14.2. The molecule has 0 aliphatic rings. The fourth-order valence-electron chi connectivity index (χ4n) is 2.57. The maximum absolute atomic E-state index is 12.0. The summed E-state index contributed by atoms with van der Waals surface area (Å²) in [5.74, 6) is 0.773. The van der Waals surface area contributed by atoms with Crippen molar-refractivity contribution in [3.8, 4) is 0 Å². The number of alkyl carbamates (subject to hydrolysis) is 1. The molecule has 0 bridgehead atoms. The third-order valence-corrected chi connectivity index (χ3v) is 3.86. The number of carbonyl (C=O) groups is 1. The van der Waals surface area contributed by atoms with Gasteiger partial charge < -0.3 is 20.7 Å². The Morgan fingerprint density at radius 3 is 2.59 bits per heavy atom. The summed E-state index contributed by atoms with van der Waals surface area (Å²) < 4.78 is 7.24. The highest BCUT2D eigenvalue weighted by Crippen LogP contribution is 2.07. The minimum absolute atomic E-state index is 0. The first-order chi connectivity index (χ1) is 13.3. The lowest BCUT2D eigenvalue weighted by molar-refractivity contribution is 0.0522. The van der Waals surface area contributed by atoms with Gasteiger partial charge in [-0.25, -0.2) is 4.79 Å². The van der Waals surface area contributed by atoms with Crippen LogP contribution in [0.3, 0.4) is 0 Å². The number of nitrogens with zero attached hydrogens (tertiary/aromatic N) is 3. The van der Waals surface area contributed by atoms with E-state index in [4.69, 9.17) is 4.74 Å². The number of hydrogen-bond donors (Lipinski definition) is 3. The van der Waals surface area contributed by atoms with E-state index in [9.17, 15) is 4.79 Å². The fourth-order valence-corrected chi connectivity index (χ4v) is 2.57. The molecule has 29 heavy (non-hydrogen) atoms. The van der Waals surface area contributed by atoms with E-state index in [1.165, 1.54) is 0 Å². The molecule has 0 saturated carbocycles. The lowest BCUT2D eigenvalue weighted by Gasteiger charge is -2.24. The number of amides is 1. The largest absolute Gasteiger partial charge is 0.444 e. The van der Waals surface area contributed by atoms with Crippen LogP contribution in [0, 0.1) is 0 Å². The molecule has 1 aromatic rings. The van der Waals surface area contributed by atoms with Crippen LogP contribution < -0.4 is 16.0 Å². The van der Waals surface area contributed by atoms with Crippen LogP contribution in [0.1, 0.15) is 60.3 Å². The quantitative estimate of drug-likeness (QED) is 0.179. The van der Waals surface area contributed by atoms with Gasteiger partial charge in [-0.2, -0.15) is 5.10 Å². The number of halogens is 1. The molecule has 1 aromatic heterocycles. The van der Waals surface area contributed by atoms with Crippen LogP contribution >= 0.6 is 24.0 Å². The van der Waals surface area contributed by atoms with Crippen LogP contribution in [0.4, 0.5) is 4.79 Å². The van der Waals surface area contributed by atoms with Crippen LogP contribution in [0.15, 0.2) is 23.5 Å². The molecule has 0 aromatic carbocycles. The fraction of sp³-hybridized carbons (Fsp3) is 0.750. The molecule has 1 unspecified atom stereocenters. The minimum atomic E-state index is -0.499. The predicted molar refractivity (Wildman–Crippen MR) is 129 cm³/mol. The van der Waals surface area contributed by atoms with Crippen molar-refractivity contribution in [3.05, 3.63) is 18.5 Å². The molecular weight excluding hydrogens is 483 g/mol. The predicted octanol–water partition coefficient (Wildman–Crippen LogP) is 3.53. The van der Waals surface area contributed by atoms with E-state index in [-0.39, 0.29) is 30.0 Å². The molecule has 1 amide bonds. The Morgan fingerprint density at radius 1 is 1.24 bits per heavy atom. The van der Waals surface area contributed by atoms with E-state index >= 15 is 0 Å². The van der Waals surface area contributed by atoms with Gasteiger partial charge in [0.2, 0.25) is 0 Å². The molecule has 8 nitrogen and oxygen atoms in total. The number of ether oxygens (including phenoxy) is 1. The Hall–Kier alpha value is -1.52. The standard InChI is InChI=1S/C20H38N6O2.HI/c1-6-8-11-17(16-23-19(27)28-20(3,4)5)25-18(21-7-2)22-12-9-14-26-15-10-13-24-26;/h10,13,15,17H,6-9,11-12,14,16H2,1-5H3,(H,23,27)(H2,21,22,25);1H. The van der Waals surface area contributed by atoms with Crippen molar-refractivity contribution in [2.45, 2.75) is 78.5 Å². The van der Waals surface area contributed by atoms with E-state index < -0.39 is 11.7 Å². The first kappa shape index (κ1) is 27.5. The van der Waals surface area contributed by atoms with Gasteiger partial charge in [0.25, 0.3) is 0 Å². The number of aliphatic imine (C=N–C) groups is 1. The zero-order valence-electron chi connectivity index (χ0n) is 18.5. The molecule has 3 N–H and O–H groups in total. The van der Waals surface area contributed by atoms with E-state index in [1.54, 1.807) is 6.20 Å². The Kier molecular flexibility index (Phi) is 14.5. The van der Waals surface area contributed by atoms with Gasteiger partial charge >= 0.3 is 6.09 Å². The number of rotatable bonds is 11. The number of nitrogens with one attached hydrogen (secondary N) is 3. The maximum atomic E-state index is 12.0. The number of aryl methyl sites for hydroxylation is 1. The Morgan fingerprint density at radius 2 is 2.00 bits per heavy atom. The number of guanidine groups is 1. The van der Waals surface area contributed by atoms with E-state index in [2.05, 4.69) is 33.0 Å². The van der Waals surface area contributed by atoms with Gasteiger partial charge in [0.1, 0.15) is 5.60 Å². The summed E-state index contributed by atoms with van der Waals surface area (Å²) in [5, 5.41) is 13.8. The molecule has 1 atom stereocenters. The van der Waals surface area contributed by atoms with Crippen LogP contribution in [0.5, 0.6) is 0 Å². The monoisotopic (exact) mass is 522 g/mol. The van der Waals surface area contributed by atoms with Gasteiger partial charge in [-0.1, -0.05) is 19.8 Å². The zero-order chi connectivity index (χ0) is 20.8. The summed E-state index contributed by atoms with van der Waals surface area (Å²) in [5.41, 5.74) is -0.499. The average Bonchev–Trinajstić information content (AvgIpc) is 3.13. The summed E-state index contributed by atoms with van der Waals surface area (Å²) in [6.07, 6.45) is 7.38. The van der Waals surface area contributed by atoms with Gasteiger partial charge in [0, 0.05) is 44.6 Å². The zero-order valence-corrected chi connectivity index (χ0v) is 20.9. The van der Waals surface area contributed by atoms with Crippen LogP contribution in [-0.4, -0.2) is 53.1 Å². The van der Waals surface area contributed by atoms with Crippen LogP contribution in [0.2, 0.25) is 0 Å². The summed E-state index contributed by atoms with van der Waals surface area (Å²) >= 11 is 0. The van der Waals surface area contributed by atoms with Crippen LogP contribution in [-0.2, 0) is 11.3 Å². The summed E-state index contributed by atoms with van der Waals surface area (Å²) in [6, 6.07) is 2.02. The van der Waals surface area contributed by atoms with Crippen molar-refractivity contribution in [1.29, 1.82) is 0 Å². The SMILES string of the molecule is CCCCC(CNC(=O)OC(C)(C)C)NC(=NCCCn1cccn1)NCC.I.